The molecule has 1 nitrogen and oxygen atoms in total. The summed E-state index contributed by atoms with van der Waals surface area (Å²) >= 11 is 5.96. The van der Waals surface area contributed by atoms with Crippen molar-refractivity contribution in [3.63, 3.8) is 0 Å². The van der Waals surface area contributed by atoms with Crippen molar-refractivity contribution in [3.8, 4) is 5.75 Å². The molecule has 0 aliphatic carbocycles. The van der Waals surface area contributed by atoms with Gasteiger partial charge in [0.2, 0.25) is 0 Å². The van der Waals surface area contributed by atoms with E-state index >= 15 is 0 Å². The Morgan fingerprint density at radius 2 is 1.55 bits per heavy atom. The molecule has 0 saturated heterocycles. The molecular weight excluding hydrogens is 268 g/mol. The zero-order chi connectivity index (χ0) is 13.8. The third kappa shape index (κ3) is 2.78. The summed E-state index contributed by atoms with van der Waals surface area (Å²) < 4.78 is 5.99. The molecule has 0 aromatic heterocycles. The van der Waals surface area contributed by atoms with E-state index in [2.05, 4.69) is 30.3 Å². The van der Waals surface area contributed by atoms with Gasteiger partial charge >= 0.3 is 0 Å². The summed E-state index contributed by atoms with van der Waals surface area (Å²) in [4.78, 5) is 0. The Morgan fingerprint density at radius 3 is 2.35 bits per heavy atom. The zero-order valence-electron chi connectivity index (χ0n) is 11.1. The van der Waals surface area contributed by atoms with Crippen molar-refractivity contribution in [1.29, 1.82) is 0 Å². The van der Waals surface area contributed by atoms with Gasteiger partial charge in [-0.05, 0) is 28.6 Å². The van der Waals surface area contributed by atoms with Gasteiger partial charge in [-0.15, -0.1) is 11.6 Å². The van der Waals surface area contributed by atoms with E-state index in [0.717, 1.165) is 27.6 Å². The molecule has 0 aliphatic rings. The fourth-order valence-corrected chi connectivity index (χ4v) is 2.42. The Kier molecular flexibility index (Phi) is 3.89. The van der Waals surface area contributed by atoms with Crippen LogP contribution >= 0.6 is 11.6 Å². The van der Waals surface area contributed by atoms with Gasteiger partial charge in [-0.2, -0.15) is 0 Å². The van der Waals surface area contributed by atoms with E-state index < -0.39 is 0 Å². The van der Waals surface area contributed by atoms with Crippen LogP contribution in [-0.2, 0) is 12.5 Å². The van der Waals surface area contributed by atoms with Gasteiger partial charge in [0.1, 0.15) is 12.4 Å². The second kappa shape index (κ2) is 5.98. The normalized spacial score (nSPS) is 10.7. The second-order valence-electron chi connectivity index (χ2n) is 4.72. The Hall–Kier alpha value is -1.99. The third-order valence-electron chi connectivity index (χ3n) is 3.28. The highest BCUT2D eigenvalue weighted by Crippen LogP contribution is 2.29. The van der Waals surface area contributed by atoms with Crippen LogP contribution in [0, 0.1) is 0 Å². The van der Waals surface area contributed by atoms with Gasteiger partial charge in [-0.25, -0.2) is 0 Å². The Labute approximate surface area is 123 Å². The molecule has 0 atom stereocenters. The van der Waals surface area contributed by atoms with Crippen LogP contribution in [-0.4, -0.2) is 0 Å². The Balaban J connectivity index is 1.93. The fourth-order valence-electron chi connectivity index (χ4n) is 2.27. The molecule has 0 saturated carbocycles. The van der Waals surface area contributed by atoms with Crippen molar-refractivity contribution in [3.05, 3.63) is 77.9 Å². The van der Waals surface area contributed by atoms with Gasteiger partial charge in [0.25, 0.3) is 0 Å². The summed E-state index contributed by atoms with van der Waals surface area (Å²) in [5.74, 6) is 1.38. The van der Waals surface area contributed by atoms with Crippen molar-refractivity contribution >= 4 is 22.4 Å². The number of ether oxygens (including phenoxy) is 1. The molecule has 2 heteroatoms. The monoisotopic (exact) mass is 282 g/mol. The van der Waals surface area contributed by atoms with E-state index in [9.17, 15) is 0 Å². The van der Waals surface area contributed by atoms with E-state index in [0.29, 0.717) is 12.5 Å². The lowest BCUT2D eigenvalue weighted by Crippen LogP contribution is -1.96. The molecule has 3 aromatic carbocycles. The quantitative estimate of drug-likeness (QED) is 0.601. The molecule has 100 valence electrons. The van der Waals surface area contributed by atoms with Crippen LogP contribution in [0.5, 0.6) is 5.75 Å². The number of fused-ring (bicyclic) bond motifs is 1. The first kappa shape index (κ1) is 13.0. The first-order valence-corrected chi connectivity index (χ1v) is 7.14. The maximum Gasteiger partial charge on any atom is 0.127 e. The summed E-state index contributed by atoms with van der Waals surface area (Å²) in [6, 6.07) is 22.5. The van der Waals surface area contributed by atoms with Gasteiger partial charge in [-0.1, -0.05) is 54.6 Å². The largest absolute Gasteiger partial charge is 0.488 e. The highest BCUT2D eigenvalue weighted by molar-refractivity contribution is 6.17. The predicted molar refractivity (Wildman–Crippen MR) is 84.3 cm³/mol. The summed E-state index contributed by atoms with van der Waals surface area (Å²) in [7, 11) is 0. The fraction of sp³-hybridized carbons (Fsp3) is 0.111. The van der Waals surface area contributed by atoms with Crippen LogP contribution in [0.25, 0.3) is 10.8 Å². The zero-order valence-corrected chi connectivity index (χ0v) is 11.8. The SMILES string of the molecule is ClCc1cc(OCc2ccccc2)c2ccccc2c1. The average Bonchev–Trinajstić information content (AvgIpc) is 2.53. The Morgan fingerprint density at radius 1 is 0.800 bits per heavy atom. The highest BCUT2D eigenvalue weighted by atomic mass is 35.5. The lowest BCUT2D eigenvalue weighted by molar-refractivity contribution is 0.310. The first-order chi connectivity index (χ1) is 9.86. The van der Waals surface area contributed by atoms with Crippen LogP contribution in [0.3, 0.4) is 0 Å². The van der Waals surface area contributed by atoms with Crippen LogP contribution in [0.15, 0.2) is 66.7 Å². The minimum absolute atomic E-state index is 0.493. The molecule has 0 aliphatic heterocycles. The molecule has 0 unspecified atom stereocenters. The molecule has 0 amide bonds. The number of alkyl halides is 1. The lowest BCUT2D eigenvalue weighted by atomic mass is 10.1. The number of benzene rings is 3. The van der Waals surface area contributed by atoms with Crippen molar-refractivity contribution in [2.24, 2.45) is 0 Å². The van der Waals surface area contributed by atoms with E-state index in [-0.39, 0.29) is 0 Å². The summed E-state index contributed by atoms with van der Waals surface area (Å²) in [6.07, 6.45) is 0. The molecule has 0 N–H and O–H groups in total. The van der Waals surface area contributed by atoms with E-state index in [1.54, 1.807) is 0 Å². The number of rotatable bonds is 4. The van der Waals surface area contributed by atoms with Crippen LogP contribution in [0.4, 0.5) is 0 Å². The van der Waals surface area contributed by atoms with Crippen LogP contribution in [0.1, 0.15) is 11.1 Å². The van der Waals surface area contributed by atoms with Crippen molar-refractivity contribution in [2.45, 2.75) is 12.5 Å². The highest BCUT2D eigenvalue weighted by Gasteiger charge is 2.05. The predicted octanol–water partition coefficient (Wildman–Crippen LogP) is 5.16. The topological polar surface area (TPSA) is 9.23 Å². The number of halogens is 1. The smallest absolute Gasteiger partial charge is 0.127 e. The first-order valence-electron chi connectivity index (χ1n) is 6.61. The molecule has 3 rings (SSSR count). The van der Waals surface area contributed by atoms with Gasteiger partial charge in [0, 0.05) is 11.3 Å². The van der Waals surface area contributed by atoms with E-state index in [4.69, 9.17) is 16.3 Å². The molecule has 20 heavy (non-hydrogen) atoms. The lowest BCUT2D eigenvalue weighted by Gasteiger charge is -2.11. The molecule has 0 fully saturated rings. The maximum absolute atomic E-state index is 5.99. The molecule has 0 bridgehead atoms. The second-order valence-corrected chi connectivity index (χ2v) is 4.99. The molecule has 0 heterocycles. The standard InChI is InChI=1S/C18H15ClO/c19-12-15-10-16-8-4-5-9-17(16)18(11-15)20-13-14-6-2-1-3-7-14/h1-11H,12-13H2. The number of hydrogen-bond donors (Lipinski definition) is 0. The van der Waals surface area contributed by atoms with Gasteiger partial charge in [0.05, 0.1) is 0 Å². The number of hydrogen-bond acceptors (Lipinski definition) is 1. The van der Waals surface area contributed by atoms with Crippen molar-refractivity contribution in [1.82, 2.24) is 0 Å². The summed E-state index contributed by atoms with van der Waals surface area (Å²) in [6.45, 7) is 0.566. The minimum Gasteiger partial charge on any atom is -0.488 e. The molecule has 0 spiro atoms. The summed E-state index contributed by atoms with van der Waals surface area (Å²) in [5.41, 5.74) is 2.24. The van der Waals surface area contributed by atoms with Crippen LogP contribution < -0.4 is 4.74 Å². The van der Waals surface area contributed by atoms with Crippen molar-refractivity contribution < 1.29 is 4.74 Å². The van der Waals surface area contributed by atoms with Crippen LogP contribution in [0.2, 0.25) is 0 Å². The van der Waals surface area contributed by atoms with Gasteiger partial charge in [0.15, 0.2) is 0 Å². The third-order valence-corrected chi connectivity index (χ3v) is 3.58. The molecule has 3 aromatic rings. The van der Waals surface area contributed by atoms with E-state index in [1.165, 1.54) is 0 Å². The molecular formula is C18H15ClO. The summed E-state index contributed by atoms with van der Waals surface area (Å²) in [5, 5.41) is 2.28. The maximum atomic E-state index is 5.99. The minimum atomic E-state index is 0.493. The van der Waals surface area contributed by atoms with Gasteiger partial charge in [-0.3, -0.25) is 0 Å². The van der Waals surface area contributed by atoms with E-state index in [1.807, 2.05) is 36.4 Å². The Bertz CT molecular complexity index is 707. The van der Waals surface area contributed by atoms with Crippen molar-refractivity contribution in [2.75, 3.05) is 0 Å². The van der Waals surface area contributed by atoms with Gasteiger partial charge < -0.3 is 4.74 Å². The molecule has 0 radical (unpaired) electrons. The average molecular weight is 283 g/mol.